The van der Waals surface area contributed by atoms with Crippen molar-refractivity contribution in [1.82, 2.24) is 4.90 Å². The van der Waals surface area contributed by atoms with Gasteiger partial charge in [0.15, 0.2) is 5.76 Å². The maximum absolute atomic E-state index is 12.9. The molecule has 0 atom stereocenters. The first kappa shape index (κ1) is 21.9. The van der Waals surface area contributed by atoms with Crippen molar-refractivity contribution in [1.29, 1.82) is 0 Å². The predicted octanol–water partition coefficient (Wildman–Crippen LogP) is 4.68. The molecule has 0 aliphatic heterocycles. The second-order valence-electron chi connectivity index (χ2n) is 6.68. The van der Waals surface area contributed by atoms with Crippen LogP contribution < -0.4 is 10.1 Å². The highest BCUT2D eigenvalue weighted by molar-refractivity contribution is 5.98. The number of rotatable bonds is 6. The lowest BCUT2D eigenvalue weighted by Crippen LogP contribution is -2.34. The average Bonchev–Trinajstić information content (AvgIpc) is 3.23. The minimum atomic E-state index is -4.49. The Hall–Kier alpha value is -3.75. The molecule has 0 radical (unpaired) electrons. The number of hydrogen-bond acceptors (Lipinski definition) is 4. The fourth-order valence-corrected chi connectivity index (χ4v) is 2.83. The van der Waals surface area contributed by atoms with Gasteiger partial charge < -0.3 is 19.4 Å². The smallest absolute Gasteiger partial charge is 0.416 e. The number of nitrogens with one attached hydrogen (secondary N) is 1. The summed E-state index contributed by atoms with van der Waals surface area (Å²) in [5.41, 5.74) is -0.122. The Morgan fingerprint density at radius 1 is 1.06 bits per heavy atom. The van der Waals surface area contributed by atoms with Crippen molar-refractivity contribution in [2.24, 2.45) is 0 Å². The Balaban J connectivity index is 1.66. The number of anilines is 1. The summed E-state index contributed by atoms with van der Waals surface area (Å²) < 4.78 is 49.3. The molecule has 2 aromatic carbocycles. The molecule has 31 heavy (non-hydrogen) atoms. The zero-order valence-corrected chi connectivity index (χ0v) is 16.7. The van der Waals surface area contributed by atoms with E-state index >= 15 is 0 Å². The number of carbonyl (C=O) groups is 2. The molecule has 2 amide bonds. The van der Waals surface area contributed by atoms with E-state index in [1.54, 1.807) is 24.3 Å². The number of methoxy groups -OCH3 is 1. The van der Waals surface area contributed by atoms with Crippen molar-refractivity contribution in [3.63, 3.8) is 0 Å². The van der Waals surface area contributed by atoms with Crippen molar-refractivity contribution in [2.45, 2.75) is 6.18 Å². The molecule has 1 heterocycles. The fraction of sp³-hybridized carbons (Fsp3) is 0.182. The van der Waals surface area contributed by atoms with Crippen LogP contribution in [0.25, 0.3) is 11.3 Å². The minimum absolute atomic E-state index is 0.0934. The second kappa shape index (κ2) is 8.95. The predicted molar refractivity (Wildman–Crippen MR) is 108 cm³/mol. The van der Waals surface area contributed by atoms with Gasteiger partial charge >= 0.3 is 6.18 Å². The number of nitrogens with zero attached hydrogens (tertiary/aromatic N) is 1. The quantitative estimate of drug-likeness (QED) is 0.614. The van der Waals surface area contributed by atoms with Gasteiger partial charge in [0.2, 0.25) is 5.91 Å². The summed E-state index contributed by atoms with van der Waals surface area (Å²) in [6.07, 6.45) is -4.49. The molecule has 0 aliphatic rings. The SMILES string of the molecule is COc1cccc(NC(=O)CN(C)C(=O)c2ccc(-c3cccc(C(F)(F)F)c3)o2)c1. The molecule has 1 N–H and O–H groups in total. The van der Waals surface area contributed by atoms with Crippen LogP contribution in [0.4, 0.5) is 18.9 Å². The monoisotopic (exact) mass is 432 g/mol. The number of likely N-dealkylation sites (N-methyl/N-ethyl adjacent to an activating group) is 1. The maximum atomic E-state index is 12.9. The van der Waals surface area contributed by atoms with Crippen LogP contribution in [0.2, 0.25) is 0 Å². The largest absolute Gasteiger partial charge is 0.497 e. The van der Waals surface area contributed by atoms with Gasteiger partial charge in [0, 0.05) is 24.4 Å². The van der Waals surface area contributed by atoms with Crippen LogP contribution in [-0.2, 0) is 11.0 Å². The molecule has 0 saturated carbocycles. The van der Waals surface area contributed by atoms with Crippen LogP contribution in [0, 0.1) is 0 Å². The molecule has 6 nitrogen and oxygen atoms in total. The van der Waals surface area contributed by atoms with Gasteiger partial charge in [-0.05, 0) is 36.4 Å². The van der Waals surface area contributed by atoms with Gasteiger partial charge in [0.25, 0.3) is 5.91 Å². The molecular formula is C22H19F3N2O4. The summed E-state index contributed by atoms with van der Waals surface area (Å²) in [5, 5.41) is 2.66. The number of alkyl halides is 3. The van der Waals surface area contributed by atoms with Crippen LogP contribution in [-0.4, -0.2) is 37.4 Å². The van der Waals surface area contributed by atoms with E-state index < -0.39 is 23.6 Å². The van der Waals surface area contributed by atoms with Crippen LogP contribution in [0.5, 0.6) is 5.75 Å². The number of ether oxygens (including phenoxy) is 1. The van der Waals surface area contributed by atoms with Crippen molar-refractivity contribution < 1.29 is 31.9 Å². The van der Waals surface area contributed by atoms with Gasteiger partial charge in [-0.15, -0.1) is 0 Å². The highest BCUT2D eigenvalue weighted by Crippen LogP contribution is 2.32. The third-order valence-electron chi connectivity index (χ3n) is 4.37. The Kier molecular flexibility index (Phi) is 6.33. The van der Waals surface area contributed by atoms with E-state index in [1.165, 1.54) is 38.4 Å². The first-order valence-electron chi connectivity index (χ1n) is 9.14. The summed E-state index contributed by atoms with van der Waals surface area (Å²) in [5.74, 6) is -0.430. The highest BCUT2D eigenvalue weighted by atomic mass is 19.4. The summed E-state index contributed by atoms with van der Waals surface area (Å²) in [4.78, 5) is 25.9. The van der Waals surface area contributed by atoms with Crippen LogP contribution in [0.3, 0.4) is 0 Å². The molecule has 0 saturated heterocycles. The van der Waals surface area contributed by atoms with Crippen molar-refractivity contribution in [2.75, 3.05) is 26.0 Å². The van der Waals surface area contributed by atoms with E-state index in [2.05, 4.69) is 5.32 Å². The van der Waals surface area contributed by atoms with Gasteiger partial charge in [-0.2, -0.15) is 13.2 Å². The molecule has 0 fully saturated rings. The van der Waals surface area contributed by atoms with E-state index in [9.17, 15) is 22.8 Å². The van der Waals surface area contributed by atoms with Gasteiger partial charge in [0.05, 0.1) is 19.2 Å². The zero-order chi connectivity index (χ0) is 22.6. The molecule has 3 rings (SSSR count). The minimum Gasteiger partial charge on any atom is -0.497 e. The topological polar surface area (TPSA) is 71.8 Å². The van der Waals surface area contributed by atoms with E-state index in [-0.39, 0.29) is 23.6 Å². The lowest BCUT2D eigenvalue weighted by Gasteiger charge is -2.15. The normalized spacial score (nSPS) is 11.1. The van der Waals surface area contributed by atoms with Crippen molar-refractivity contribution in [3.8, 4) is 17.1 Å². The van der Waals surface area contributed by atoms with E-state index in [0.29, 0.717) is 11.4 Å². The summed E-state index contributed by atoms with van der Waals surface area (Å²) in [7, 11) is 2.92. The van der Waals surface area contributed by atoms with E-state index in [1.807, 2.05) is 0 Å². The first-order chi connectivity index (χ1) is 14.7. The average molecular weight is 432 g/mol. The number of carbonyl (C=O) groups excluding carboxylic acids is 2. The number of amides is 2. The molecule has 0 aliphatic carbocycles. The fourth-order valence-electron chi connectivity index (χ4n) is 2.83. The standard InChI is InChI=1S/C22H19F3N2O4/c1-27(13-20(28)26-16-7-4-8-17(12-16)30-2)21(29)19-10-9-18(31-19)14-5-3-6-15(11-14)22(23,24)25/h3-12H,13H2,1-2H3,(H,26,28). The van der Waals surface area contributed by atoms with E-state index in [0.717, 1.165) is 17.0 Å². The highest BCUT2D eigenvalue weighted by Gasteiger charge is 2.30. The maximum Gasteiger partial charge on any atom is 0.416 e. The number of hydrogen-bond donors (Lipinski definition) is 1. The first-order valence-corrected chi connectivity index (χ1v) is 9.14. The van der Waals surface area contributed by atoms with Gasteiger partial charge in [0.1, 0.15) is 11.5 Å². The lowest BCUT2D eigenvalue weighted by atomic mass is 10.1. The lowest BCUT2D eigenvalue weighted by molar-refractivity contribution is -0.137. The molecule has 9 heteroatoms. The Morgan fingerprint density at radius 2 is 1.81 bits per heavy atom. The molecule has 0 unspecified atom stereocenters. The summed E-state index contributed by atoms with van der Waals surface area (Å²) in [6, 6.07) is 14.1. The Bertz CT molecular complexity index is 1090. The molecule has 3 aromatic rings. The van der Waals surface area contributed by atoms with Gasteiger partial charge in [-0.3, -0.25) is 9.59 Å². The van der Waals surface area contributed by atoms with Crippen LogP contribution >= 0.6 is 0 Å². The third kappa shape index (κ3) is 5.44. The third-order valence-corrected chi connectivity index (χ3v) is 4.37. The molecule has 162 valence electrons. The van der Waals surface area contributed by atoms with Gasteiger partial charge in [-0.25, -0.2) is 0 Å². The van der Waals surface area contributed by atoms with Gasteiger partial charge in [-0.1, -0.05) is 18.2 Å². The molecule has 0 bridgehead atoms. The van der Waals surface area contributed by atoms with Crippen molar-refractivity contribution >= 4 is 17.5 Å². The van der Waals surface area contributed by atoms with Crippen LogP contribution in [0.15, 0.2) is 65.1 Å². The molecule has 0 spiro atoms. The van der Waals surface area contributed by atoms with Crippen molar-refractivity contribution in [3.05, 3.63) is 72.0 Å². The second-order valence-corrected chi connectivity index (χ2v) is 6.68. The zero-order valence-electron chi connectivity index (χ0n) is 16.7. The molecule has 1 aromatic heterocycles. The van der Waals surface area contributed by atoms with Crippen LogP contribution in [0.1, 0.15) is 16.1 Å². The Morgan fingerprint density at radius 3 is 2.52 bits per heavy atom. The number of halogens is 3. The number of furan rings is 1. The summed E-state index contributed by atoms with van der Waals surface area (Å²) >= 11 is 0. The number of benzene rings is 2. The molecular weight excluding hydrogens is 413 g/mol. The Labute approximate surface area is 176 Å². The van der Waals surface area contributed by atoms with E-state index in [4.69, 9.17) is 9.15 Å². The summed E-state index contributed by atoms with van der Waals surface area (Å²) in [6.45, 7) is -0.254.